The van der Waals surface area contributed by atoms with Crippen molar-refractivity contribution >= 4 is 21.6 Å². The van der Waals surface area contributed by atoms with Crippen LogP contribution in [0.25, 0.3) is 0 Å². The highest BCUT2D eigenvalue weighted by atomic mass is 79.9. The maximum Gasteiger partial charge on any atom is 0.0387 e. The molecule has 2 aromatic carbocycles. The summed E-state index contributed by atoms with van der Waals surface area (Å²) in [5.41, 5.74) is 3.98. The monoisotopic (exact) mass is 488 g/mol. The van der Waals surface area contributed by atoms with Crippen molar-refractivity contribution < 1.29 is 0 Å². The first kappa shape index (κ1) is 25.9. The molecule has 2 fully saturated rings. The Morgan fingerprint density at radius 3 is 1.58 bits per heavy atom. The molecule has 5 heteroatoms. The number of benzene rings is 2. The highest BCUT2D eigenvalue weighted by Gasteiger charge is 2.22. The minimum atomic E-state index is 0.586. The fourth-order valence-corrected chi connectivity index (χ4v) is 3.82. The highest BCUT2D eigenvalue weighted by molar-refractivity contribution is 9.10. The number of hydrogen-bond acceptors (Lipinski definition) is 4. The number of nitrogens with zero attached hydrogens (tertiary/aromatic N) is 1. The molecule has 0 aromatic heterocycles. The molecule has 2 saturated heterocycles. The van der Waals surface area contributed by atoms with E-state index in [1.54, 1.807) is 0 Å². The van der Waals surface area contributed by atoms with Gasteiger partial charge >= 0.3 is 0 Å². The first-order valence-corrected chi connectivity index (χ1v) is 12.3. The molecule has 2 aliphatic heterocycles. The summed E-state index contributed by atoms with van der Waals surface area (Å²) in [6.45, 7) is 17.5. The van der Waals surface area contributed by atoms with Crippen molar-refractivity contribution in [2.45, 2.75) is 65.7 Å². The third-order valence-electron chi connectivity index (χ3n) is 5.69. The first-order chi connectivity index (χ1) is 14.7. The van der Waals surface area contributed by atoms with Crippen LogP contribution in [0, 0.1) is 13.8 Å². The van der Waals surface area contributed by atoms with E-state index in [1.165, 1.54) is 16.8 Å². The Labute approximate surface area is 198 Å². The Kier molecular flexibility index (Phi) is 11.0. The number of halogens is 1. The van der Waals surface area contributed by atoms with Gasteiger partial charge in [0.1, 0.15) is 0 Å². The predicted octanol–water partition coefficient (Wildman–Crippen LogP) is 4.90. The summed E-state index contributed by atoms with van der Waals surface area (Å²) in [7, 11) is 0. The molecule has 0 radical (unpaired) electrons. The Bertz CT molecular complexity index is 708. The van der Waals surface area contributed by atoms with Crippen molar-refractivity contribution in [3.05, 3.63) is 64.1 Å². The smallest absolute Gasteiger partial charge is 0.0387 e. The summed E-state index contributed by atoms with van der Waals surface area (Å²) in [6.07, 6.45) is 0. The number of anilines is 1. The minimum absolute atomic E-state index is 0.586. The molecular formula is C26H41BrN4. The Balaban J connectivity index is 0.000000181. The lowest BCUT2D eigenvalue weighted by Gasteiger charge is -2.39. The lowest BCUT2D eigenvalue weighted by Crippen LogP contribution is -2.54. The van der Waals surface area contributed by atoms with E-state index in [2.05, 4.69) is 115 Å². The van der Waals surface area contributed by atoms with Crippen LogP contribution in [0.3, 0.4) is 0 Å². The van der Waals surface area contributed by atoms with Crippen molar-refractivity contribution in [3.63, 3.8) is 0 Å². The molecule has 31 heavy (non-hydrogen) atoms. The molecule has 0 unspecified atom stereocenters. The molecule has 4 rings (SSSR count). The third-order valence-corrected chi connectivity index (χ3v) is 6.21. The van der Waals surface area contributed by atoms with Crippen LogP contribution < -0.4 is 20.9 Å². The van der Waals surface area contributed by atoms with Gasteiger partial charge in [0.2, 0.25) is 0 Å². The zero-order valence-electron chi connectivity index (χ0n) is 20.1. The number of rotatable bonds is 1. The molecule has 2 aliphatic rings. The van der Waals surface area contributed by atoms with Gasteiger partial charge in [-0.15, -0.1) is 0 Å². The second-order valence-corrected chi connectivity index (χ2v) is 9.98. The van der Waals surface area contributed by atoms with E-state index in [9.17, 15) is 0 Å². The topological polar surface area (TPSA) is 39.3 Å². The standard InChI is InChI=1S/C13H20N2.C7H7Br.C6H14N2/c1-10-4-6-13(7-5-10)15-9-11(2)14-8-12(15)3;1-6-2-4-7(8)5-3-6;1-5-3-8-6(2)4-7-5/h4-7,11-12,14H,8-9H2,1-3H3;2-5H,1H3;5-8H,3-4H2,1-2H3/t11-,12+;;5-,6+/m1../s1. The second-order valence-electron chi connectivity index (χ2n) is 9.06. The van der Waals surface area contributed by atoms with E-state index >= 15 is 0 Å². The number of piperazine rings is 2. The fourth-order valence-electron chi connectivity index (χ4n) is 3.55. The van der Waals surface area contributed by atoms with E-state index in [0.29, 0.717) is 24.2 Å². The molecule has 2 aromatic rings. The molecule has 0 spiro atoms. The van der Waals surface area contributed by atoms with Gasteiger partial charge in [0, 0.05) is 60.5 Å². The van der Waals surface area contributed by atoms with Gasteiger partial charge < -0.3 is 20.9 Å². The van der Waals surface area contributed by atoms with Crippen LogP contribution >= 0.6 is 15.9 Å². The Morgan fingerprint density at radius 2 is 1.13 bits per heavy atom. The van der Waals surface area contributed by atoms with Crippen LogP contribution in [-0.4, -0.2) is 50.3 Å². The maximum absolute atomic E-state index is 3.50. The van der Waals surface area contributed by atoms with Gasteiger partial charge in [-0.25, -0.2) is 0 Å². The molecule has 0 amide bonds. The van der Waals surface area contributed by atoms with Gasteiger partial charge in [0.25, 0.3) is 0 Å². The van der Waals surface area contributed by atoms with E-state index in [0.717, 1.165) is 30.7 Å². The van der Waals surface area contributed by atoms with Gasteiger partial charge in [-0.05, 0) is 65.8 Å². The summed E-state index contributed by atoms with van der Waals surface area (Å²) < 4.78 is 1.14. The van der Waals surface area contributed by atoms with Crippen molar-refractivity contribution in [3.8, 4) is 0 Å². The zero-order chi connectivity index (χ0) is 22.8. The molecule has 3 N–H and O–H groups in total. The van der Waals surface area contributed by atoms with Crippen LogP contribution in [0.1, 0.15) is 38.8 Å². The third kappa shape index (κ3) is 9.73. The summed E-state index contributed by atoms with van der Waals surface area (Å²) in [4.78, 5) is 2.49. The van der Waals surface area contributed by atoms with E-state index in [1.807, 2.05) is 12.1 Å². The lowest BCUT2D eigenvalue weighted by atomic mass is 10.1. The number of hydrogen-bond donors (Lipinski definition) is 3. The van der Waals surface area contributed by atoms with Gasteiger partial charge in [-0.1, -0.05) is 51.3 Å². The molecule has 4 atom stereocenters. The Hall–Kier alpha value is -1.40. The van der Waals surface area contributed by atoms with Crippen LogP contribution in [0.5, 0.6) is 0 Å². The highest BCUT2D eigenvalue weighted by Crippen LogP contribution is 2.20. The number of aryl methyl sites for hydroxylation is 2. The normalized spacial score (nSPS) is 25.6. The fraction of sp³-hybridized carbons (Fsp3) is 0.538. The molecular weight excluding hydrogens is 448 g/mol. The van der Waals surface area contributed by atoms with E-state index in [4.69, 9.17) is 0 Å². The summed E-state index contributed by atoms with van der Waals surface area (Å²) in [5.74, 6) is 0. The van der Waals surface area contributed by atoms with Crippen molar-refractivity contribution in [2.75, 3.05) is 31.1 Å². The SMILES string of the molecule is C[C@@H]1CN[C@@H](C)CN1.Cc1ccc(Br)cc1.Cc1ccc(N2C[C@@H](C)NC[C@@H]2C)cc1. The zero-order valence-corrected chi connectivity index (χ0v) is 21.7. The molecule has 0 aliphatic carbocycles. The van der Waals surface area contributed by atoms with Gasteiger partial charge in [0.15, 0.2) is 0 Å². The van der Waals surface area contributed by atoms with Crippen molar-refractivity contribution in [2.24, 2.45) is 0 Å². The van der Waals surface area contributed by atoms with E-state index < -0.39 is 0 Å². The minimum Gasteiger partial charge on any atom is -0.366 e. The largest absolute Gasteiger partial charge is 0.366 e. The molecule has 4 nitrogen and oxygen atoms in total. The van der Waals surface area contributed by atoms with Crippen molar-refractivity contribution in [1.82, 2.24) is 16.0 Å². The first-order valence-electron chi connectivity index (χ1n) is 11.5. The average Bonchev–Trinajstić information content (AvgIpc) is 2.76. The lowest BCUT2D eigenvalue weighted by molar-refractivity contribution is 0.376. The molecule has 0 saturated carbocycles. The number of nitrogens with one attached hydrogen (secondary N) is 3. The van der Waals surface area contributed by atoms with Crippen molar-refractivity contribution in [1.29, 1.82) is 0 Å². The average molecular weight is 490 g/mol. The Morgan fingerprint density at radius 1 is 0.677 bits per heavy atom. The van der Waals surface area contributed by atoms with E-state index in [-0.39, 0.29) is 0 Å². The van der Waals surface area contributed by atoms with Gasteiger partial charge in [0.05, 0.1) is 0 Å². The molecule has 0 bridgehead atoms. The van der Waals surface area contributed by atoms with Crippen LogP contribution in [0.2, 0.25) is 0 Å². The predicted molar refractivity (Wildman–Crippen MR) is 139 cm³/mol. The molecule has 172 valence electrons. The second kappa shape index (κ2) is 13.2. The van der Waals surface area contributed by atoms with Crippen LogP contribution in [0.4, 0.5) is 5.69 Å². The molecule has 2 heterocycles. The quantitative estimate of drug-likeness (QED) is 0.533. The van der Waals surface area contributed by atoms with Crippen LogP contribution in [0.15, 0.2) is 53.0 Å². The van der Waals surface area contributed by atoms with Gasteiger partial charge in [-0.2, -0.15) is 0 Å². The van der Waals surface area contributed by atoms with Crippen LogP contribution in [-0.2, 0) is 0 Å². The van der Waals surface area contributed by atoms with Gasteiger partial charge in [-0.3, -0.25) is 0 Å². The maximum atomic E-state index is 3.50. The summed E-state index contributed by atoms with van der Waals surface area (Å²) in [6, 6.07) is 19.5. The summed E-state index contributed by atoms with van der Waals surface area (Å²) in [5, 5.41) is 10.2. The summed E-state index contributed by atoms with van der Waals surface area (Å²) >= 11 is 3.35.